The Bertz CT molecular complexity index is 1320. The fourth-order valence-corrected chi connectivity index (χ4v) is 5.47. The maximum absolute atomic E-state index is 13.7. The summed E-state index contributed by atoms with van der Waals surface area (Å²) in [5.74, 6) is -2.99. The van der Waals surface area contributed by atoms with E-state index < -0.39 is 35.6 Å². The van der Waals surface area contributed by atoms with Crippen molar-refractivity contribution in [2.24, 2.45) is 11.8 Å². The van der Waals surface area contributed by atoms with Crippen LogP contribution in [0.5, 0.6) is 0 Å². The SMILES string of the molecule is O=C(c1ccccc1)C1C2C(=O)N(c3ccc(F)cc3)C(=O)C2C2c3ccccc3C=CN12. The summed E-state index contributed by atoms with van der Waals surface area (Å²) in [5.41, 5.74) is 2.69. The number of carbonyl (C=O) groups excluding carboxylic acids is 3. The van der Waals surface area contributed by atoms with Gasteiger partial charge in [0.05, 0.1) is 23.6 Å². The van der Waals surface area contributed by atoms with E-state index in [2.05, 4.69) is 0 Å². The fraction of sp³-hybridized carbons (Fsp3) is 0.148. The van der Waals surface area contributed by atoms with Crippen LogP contribution in [-0.2, 0) is 9.59 Å². The summed E-state index contributed by atoms with van der Waals surface area (Å²) < 4.78 is 13.5. The first-order valence-electron chi connectivity index (χ1n) is 10.8. The summed E-state index contributed by atoms with van der Waals surface area (Å²) in [6.45, 7) is 0. The number of nitrogens with zero attached hydrogens (tertiary/aromatic N) is 2. The Balaban J connectivity index is 1.50. The number of anilines is 1. The van der Waals surface area contributed by atoms with E-state index in [0.29, 0.717) is 11.3 Å². The maximum atomic E-state index is 13.7. The molecule has 0 N–H and O–H groups in total. The van der Waals surface area contributed by atoms with Gasteiger partial charge in [0, 0.05) is 11.8 Å². The minimum Gasteiger partial charge on any atom is -0.358 e. The number of amides is 2. The standard InChI is InChI=1S/C27H19FN2O3/c28-18-10-12-19(13-11-18)30-26(32)21-22(27(30)33)24(25(31)17-7-2-1-3-8-17)29-15-14-16-6-4-5-9-20(16)23(21)29/h1-15,21-24H. The van der Waals surface area contributed by atoms with Crippen molar-refractivity contribution in [3.63, 3.8) is 0 Å². The molecule has 4 atom stereocenters. The number of Topliss-reactive ketones (excluding diaryl/α,β-unsaturated/α-hetero) is 1. The highest BCUT2D eigenvalue weighted by molar-refractivity contribution is 6.24. The average Bonchev–Trinajstić information content (AvgIpc) is 3.32. The van der Waals surface area contributed by atoms with Gasteiger partial charge in [0.15, 0.2) is 5.78 Å². The van der Waals surface area contributed by atoms with Crippen molar-refractivity contribution < 1.29 is 18.8 Å². The lowest BCUT2D eigenvalue weighted by Gasteiger charge is -2.35. The predicted octanol–water partition coefficient (Wildman–Crippen LogP) is 4.22. The van der Waals surface area contributed by atoms with E-state index in [-0.39, 0.29) is 11.7 Å². The third-order valence-electron chi connectivity index (χ3n) is 6.87. The molecule has 2 amide bonds. The number of ketones is 1. The Kier molecular flexibility index (Phi) is 4.30. The second-order valence-corrected chi connectivity index (χ2v) is 8.55. The third-order valence-corrected chi connectivity index (χ3v) is 6.87. The summed E-state index contributed by atoms with van der Waals surface area (Å²) in [4.78, 5) is 44.1. The number of hydrogen-bond acceptors (Lipinski definition) is 4. The highest BCUT2D eigenvalue weighted by atomic mass is 19.1. The van der Waals surface area contributed by atoms with E-state index in [1.807, 2.05) is 47.5 Å². The molecule has 6 heteroatoms. The molecule has 0 radical (unpaired) electrons. The monoisotopic (exact) mass is 438 g/mol. The molecule has 0 aliphatic carbocycles. The highest BCUT2D eigenvalue weighted by Gasteiger charge is 2.64. The van der Waals surface area contributed by atoms with Crippen LogP contribution in [0.4, 0.5) is 10.1 Å². The molecule has 3 aromatic carbocycles. The van der Waals surface area contributed by atoms with Crippen molar-refractivity contribution in [1.29, 1.82) is 0 Å². The van der Waals surface area contributed by atoms with Crippen LogP contribution in [0, 0.1) is 17.7 Å². The molecule has 3 heterocycles. The first kappa shape index (κ1) is 19.6. The van der Waals surface area contributed by atoms with Crippen molar-refractivity contribution in [3.05, 3.63) is 108 Å². The van der Waals surface area contributed by atoms with Crippen LogP contribution < -0.4 is 4.90 Å². The number of carbonyl (C=O) groups is 3. The lowest BCUT2D eigenvalue weighted by Crippen LogP contribution is -2.44. The summed E-state index contributed by atoms with van der Waals surface area (Å²) in [6, 6.07) is 20.6. The number of rotatable bonds is 3. The van der Waals surface area contributed by atoms with Gasteiger partial charge in [0.25, 0.3) is 0 Å². The molecule has 6 rings (SSSR count). The van der Waals surface area contributed by atoms with Crippen LogP contribution in [0.1, 0.15) is 27.5 Å². The maximum Gasteiger partial charge on any atom is 0.240 e. The second-order valence-electron chi connectivity index (χ2n) is 8.55. The molecule has 33 heavy (non-hydrogen) atoms. The molecule has 2 fully saturated rings. The van der Waals surface area contributed by atoms with E-state index in [1.165, 1.54) is 24.3 Å². The molecular weight excluding hydrogens is 419 g/mol. The topological polar surface area (TPSA) is 57.7 Å². The molecule has 162 valence electrons. The van der Waals surface area contributed by atoms with Crippen molar-refractivity contribution in [1.82, 2.24) is 4.90 Å². The zero-order valence-electron chi connectivity index (χ0n) is 17.5. The zero-order valence-corrected chi connectivity index (χ0v) is 17.5. The van der Waals surface area contributed by atoms with Crippen molar-refractivity contribution in [2.45, 2.75) is 12.1 Å². The molecule has 2 saturated heterocycles. The minimum atomic E-state index is -0.837. The van der Waals surface area contributed by atoms with E-state index in [0.717, 1.165) is 16.0 Å². The number of benzene rings is 3. The van der Waals surface area contributed by atoms with Crippen molar-refractivity contribution in [2.75, 3.05) is 4.90 Å². The molecule has 3 aliphatic rings. The number of fused-ring (bicyclic) bond motifs is 5. The quantitative estimate of drug-likeness (QED) is 0.454. The molecule has 0 bridgehead atoms. The lowest BCUT2D eigenvalue weighted by atomic mass is 9.83. The van der Waals surface area contributed by atoms with Gasteiger partial charge in [-0.2, -0.15) is 0 Å². The Morgan fingerprint density at radius 2 is 1.45 bits per heavy atom. The van der Waals surface area contributed by atoms with Gasteiger partial charge < -0.3 is 4.90 Å². The van der Waals surface area contributed by atoms with E-state index in [4.69, 9.17) is 0 Å². The zero-order chi connectivity index (χ0) is 22.7. The first-order chi connectivity index (χ1) is 16.1. The van der Waals surface area contributed by atoms with Gasteiger partial charge in [0.2, 0.25) is 11.8 Å². The highest BCUT2D eigenvalue weighted by Crippen LogP contribution is 2.53. The summed E-state index contributed by atoms with van der Waals surface area (Å²) in [5, 5.41) is 0. The lowest BCUT2D eigenvalue weighted by molar-refractivity contribution is -0.123. The Morgan fingerprint density at radius 3 is 2.21 bits per heavy atom. The molecule has 0 aromatic heterocycles. The number of hydrogen-bond donors (Lipinski definition) is 0. The van der Waals surface area contributed by atoms with Crippen LogP contribution >= 0.6 is 0 Å². The largest absolute Gasteiger partial charge is 0.358 e. The van der Waals surface area contributed by atoms with Gasteiger partial charge in [-0.1, -0.05) is 54.6 Å². The Labute approximate surface area is 189 Å². The Morgan fingerprint density at radius 1 is 0.788 bits per heavy atom. The fourth-order valence-electron chi connectivity index (χ4n) is 5.47. The van der Waals surface area contributed by atoms with Crippen molar-refractivity contribution in [3.8, 4) is 0 Å². The van der Waals surface area contributed by atoms with Gasteiger partial charge in [-0.3, -0.25) is 14.4 Å². The summed E-state index contributed by atoms with van der Waals surface area (Å²) >= 11 is 0. The van der Waals surface area contributed by atoms with Crippen LogP contribution in [0.25, 0.3) is 6.08 Å². The van der Waals surface area contributed by atoms with Crippen LogP contribution in [0.2, 0.25) is 0 Å². The van der Waals surface area contributed by atoms with E-state index >= 15 is 0 Å². The van der Waals surface area contributed by atoms with Gasteiger partial charge in [-0.25, -0.2) is 9.29 Å². The van der Waals surface area contributed by atoms with Gasteiger partial charge in [-0.05, 0) is 41.5 Å². The molecule has 0 saturated carbocycles. The number of halogens is 1. The summed E-state index contributed by atoms with van der Waals surface area (Å²) in [6.07, 6.45) is 3.75. The normalized spacial score (nSPS) is 25.1. The van der Waals surface area contributed by atoms with E-state index in [1.54, 1.807) is 24.3 Å². The average molecular weight is 438 g/mol. The minimum absolute atomic E-state index is 0.195. The molecule has 0 spiro atoms. The van der Waals surface area contributed by atoms with Gasteiger partial charge >= 0.3 is 0 Å². The second kappa shape index (κ2) is 7.24. The molecular formula is C27H19FN2O3. The smallest absolute Gasteiger partial charge is 0.240 e. The van der Waals surface area contributed by atoms with Gasteiger partial charge in [0.1, 0.15) is 11.9 Å². The van der Waals surface area contributed by atoms with Gasteiger partial charge in [-0.15, -0.1) is 0 Å². The first-order valence-corrected chi connectivity index (χ1v) is 10.8. The predicted molar refractivity (Wildman–Crippen MR) is 120 cm³/mol. The third kappa shape index (κ3) is 2.80. The molecule has 3 aliphatic heterocycles. The Hall–Kier alpha value is -4.06. The summed E-state index contributed by atoms with van der Waals surface area (Å²) in [7, 11) is 0. The van der Waals surface area contributed by atoms with E-state index in [9.17, 15) is 18.8 Å². The van der Waals surface area contributed by atoms with Crippen LogP contribution in [0.15, 0.2) is 85.1 Å². The van der Waals surface area contributed by atoms with Crippen molar-refractivity contribution >= 4 is 29.4 Å². The molecule has 5 nitrogen and oxygen atoms in total. The molecule has 4 unspecified atom stereocenters. The molecule has 3 aromatic rings. The number of imide groups is 1. The van der Waals surface area contributed by atoms with Crippen LogP contribution in [-0.4, -0.2) is 28.5 Å². The van der Waals surface area contributed by atoms with Crippen LogP contribution in [0.3, 0.4) is 0 Å².